The zero-order chi connectivity index (χ0) is 36.0. The van der Waals surface area contributed by atoms with Gasteiger partial charge in [-0.2, -0.15) is 8.78 Å². The third kappa shape index (κ3) is 10.6. The minimum Gasteiger partial charge on any atom is -0.479 e. The van der Waals surface area contributed by atoms with Gasteiger partial charge in [0.1, 0.15) is 18.2 Å². The molecule has 0 radical (unpaired) electrons. The molecule has 1 aliphatic rings. The second kappa shape index (κ2) is 15.7. The van der Waals surface area contributed by atoms with Gasteiger partial charge >= 0.3 is 5.97 Å². The molecule has 9 nitrogen and oxygen atoms in total. The van der Waals surface area contributed by atoms with Crippen molar-refractivity contribution in [2.24, 2.45) is 5.92 Å². The number of ketones is 2. The largest absolute Gasteiger partial charge is 0.479 e. The van der Waals surface area contributed by atoms with Gasteiger partial charge in [0.15, 0.2) is 23.2 Å². The lowest BCUT2D eigenvalue weighted by Crippen LogP contribution is -2.49. The molecule has 3 rings (SSSR count). The van der Waals surface area contributed by atoms with Crippen LogP contribution in [0.25, 0.3) is 0 Å². The van der Waals surface area contributed by atoms with Crippen molar-refractivity contribution in [3.63, 3.8) is 0 Å². The van der Waals surface area contributed by atoms with E-state index in [1.54, 1.807) is 20.8 Å². The third-order valence-corrected chi connectivity index (χ3v) is 7.79. The van der Waals surface area contributed by atoms with Crippen molar-refractivity contribution in [2.45, 2.75) is 103 Å². The number of amides is 2. The highest BCUT2D eigenvalue weighted by Gasteiger charge is 2.33. The summed E-state index contributed by atoms with van der Waals surface area (Å²) in [6, 6.07) is 5.50. The number of rotatable bonds is 12. The summed E-state index contributed by atoms with van der Waals surface area (Å²) in [6.45, 7) is 9.69. The van der Waals surface area contributed by atoms with Gasteiger partial charge in [-0.3, -0.25) is 24.0 Å². The number of ether oxygens (including phenoxy) is 2. The highest BCUT2D eigenvalue weighted by molar-refractivity contribution is 6.36. The molecule has 1 saturated carbocycles. The van der Waals surface area contributed by atoms with Gasteiger partial charge in [-0.15, -0.1) is 0 Å². The molecule has 13 heteroatoms. The summed E-state index contributed by atoms with van der Waals surface area (Å²) < 4.78 is 65.3. The zero-order valence-corrected chi connectivity index (χ0v) is 27.9. The van der Waals surface area contributed by atoms with E-state index in [1.165, 1.54) is 0 Å². The van der Waals surface area contributed by atoms with E-state index < -0.39 is 89.0 Å². The monoisotopic (exact) mass is 678 g/mol. The lowest BCUT2D eigenvalue weighted by Gasteiger charge is -2.29. The van der Waals surface area contributed by atoms with E-state index in [4.69, 9.17) is 9.47 Å². The minimum absolute atomic E-state index is 0.0177. The van der Waals surface area contributed by atoms with E-state index >= 15 is 0 Å². The highest BCUT2D eigenvalue weighted by Crippen LogP contribution is 2.28. The first-order valence-electron chi connectivity index (χ1n) is 15.7. The van der Waals surface area contributed by atoms with Gasteiger partial charge in [0.05, 0.1) is 6.42 Å². The summed E-state index contributed by atoms with van der Waals surface area (Å²) in [5, 5.41) is 5.21. The van der Waals surface area contributed by atoms with Crippen molar-refractivity contribution in [1.82, 2.24) is 10.6 Å². The fourth-order valence-electron chi connectivity index (χ4n) is 5.43. The number of benzene rings is 2. The van der Waals surface area contributed by atoms with E-state index in [-0.39, 0.29) is 36.8 Å². The van der Waals surface area contributed by atoms with E-state index in [1.807, 2.05) is 45.0 Å². The molecule has 1 atom stereocenters. The fraction of sp³-hybridized carbons (Fsp3) is 0.514. The van der Waals surface area contributed by atoms with Gasteiger partial charge in [-0.25, -0.2) is 8.78 Å². The number of carbonyl (C=O) groups excluding carboxylic acids is 5. The molecule has 2 aromatic carbocycles. The van der Waals surface area contributed by atoms with Crippen LogP contribution in [-0.4, -0.2) is 53.6 Å². The molecule has 262 valence electrons. The van der Waals surface area contributed by atoms with Crippen LogP contribution in [0, 0.1) is 29.2 Å². The van der Waals surface area contributed by atoms with Crippen LogP contribution >= 0.6 is 0 Å². The summed E-state index contributed by atoms with van der Waals surface area (Å²) in [5.74, 6) is -13.1. The van der Waals surface area contributed by atoms with E-state index in [0.717, 1.165) is 11.1 Å². The van der Waals surface area contributed by atoms with E-state index in [2.05, 4.69) is 10.6 Å². The molecule has 2 aromatic rings. The van der Waals surface area contributed by atoms with Gasteiger partial charge in [-0.1, -0.05) is 45.0 Å². The molecular weight excluding hydrogens is 636 g/mol. The minimum atomic E-state index is -1.85. The first-order valence-corrected chi connectivity index (χ1v) is 15.7. The second-order valence-electron chi connectivity index (χ2n) is 13.9. The van der Waals surface area contributed by atoms with Crippen molar-refractivity contribution in [2.75, 3.05) is 6.61 Å². The lowest BCUT2D eigenvalue weighted by molar-refractivity contribution is -0.156. The number of Topliss-reactive ketones (excluding diaryl/α,β-unsaturated/α-hetero) is 2. The SMILES string of the molecule is CC(C)(C)OC(=O)C[C@H](NC(=O)C1CCC(NC(=O)C(=O)Cc2ccccc2C(C)(C)C)CC1)C(=O)COc1c(F)c(F)cc(F)c1F. The number of hydrogen-bond donors (Lipinski definition) is 2. The summed E-state index contributed by atoms with van der Waals surface area (Å²) in [7, 11) is 0. The Labute approximate surface area is 277 Å². The second-order valence-corrected chi connectivity index (χ2v) is 13.9. The molecule has 0 aromatic heterocycles. The van der Waals surface area contributed by atoms with Crippen LogP contribution in [0.15, 0.2) is 30.3 Å². The Hall–Kier alpha value is -4.29. The van der Waals surface area contributed by atoms with Gasteiger partial charge in [0.25, 0.3) is 5.91 Å². The number of hydrogen-bond acceptors (Lipinski definition) is 7. The predicted octanol–water partition coefficient (Wildman–Crippen LogP) is 5.19. The van der Waals surface area contributed by atoms with Crippen molar-refractivity contribution in [3.8, 4) is 5.75 Å². The van der Waals surface area contributed by atoms with Gasteiger partial charge in [-0.05, 0) is 63.0 Å². The molecule has 0 spiro atoms. The maximum absolute atomic E-state index is 14.0. The van der Waals surface area contributed by atoms with Crippen LogP contribution in [-0.2, 0) is 40.5 Å². The van der Waals surface area contributed by atoms with Crippen LogP contribution in [0.5, 0.6) is 5.75 Å². The smallest absolute Gasteiger partial charge is 0.308 e. The molecule has 0 heterocycles. The zero-order valence-electron chi connectivity index (χ0n) is 27.9. The topological polar surface area (TPSA) is 128 Å². The summed E-state index contributed by atoms with van der Waals surface area (Å²) in [4.78, 5) is 64.2. The van der Waals surface area contributed by atoms with Gasteiger partial charge in [0, 0.05) is 24.4 Å². The summed E-state index contributed by atoms with van der Waals surface area (Å²) in [5.41, 5.74) is 0.586. The van der Waals surface area contributed by atoms with Crippen LogP contribution in [0.4, 0.5) is 17.6 Å². The molecule has 2 amide bonds. The average molecular weight is 679 g/mol. The van der Waals surface area contributed by atoms with Crippen molar-refractivity contribution in [3.05, 3.63) is 64.7 Å². The Morgan fingerprint density at radius 2 is 1.46 bits per heavy atom. The maximum atomic E-state index is 14.0. The Bertz CT molecular complexity index is 1510. The van der Waals surface area contributed by atoms with Crippen LogP contribution in [0.1, 0.15) is 84.8 Å². The standard InChI is InChI=1S/C35H42F4N2O7/c1-34(2,3)22-10-8-7-9-20(22)15-26(42)33(46)40-21-13-11-19(12-14-21)32(45)41-25(17-28(44)48-35(4,5)6)27(43)18-47-31-29(38)23(36)16-24(37)30(31)39/h7-10,16,19,21,25H,11-15,17-18H2,1-6H3,(H,40,46)(H,41,45)/t19?,21?,25-/m0/s1. The highest BCUT2D eigenvalue weighted by atomic mass is 19.2. The average Bonchev–Trinajstić information content (AvgIpc) is 2.98. The molecule has 1 aliphatic carbocycles. The third-order valence-electron chi connectivity index (χ3n) is 7.79. The maximum Gasteiger partial charge on any atom is 0.308 e. The molecule has 0 unspecified atom stereocenters. The first-order chi connectivity index (χ1) is 22.3. The van der Waals surface area contributed by atoms with E-state index in [9.17, 15) is 41.5 Å². The van der Waals surface area contributed by atoms with Crippen LogP contribution in [0.3, 0.4) is 0 Å². The number of esters is 1. The number of nitrogens with one attached hydrogen (secondary N) is 2. The lowest BCUT2D eigenvalue weighted by atomic mass is 9.82. The Kier molecular flexibility index (Phi) is 12.5. The molecule has 1 fully saturated rings. The normalized spacial score (nSPS) is 17.2. The van der Waals surface area contributed by atoms with Gasteiger partial charge in [0.2, 0.25) is 23.3 Å². The Balaban J connectivity index is 1.61. The Morgan fingerprint density at radius 3 is 2.02 bits per heavy atom. The quantitative estimate of drug-likeness (QED) is 0.137. The molecule has 2 N–H and O–H groups in total. The van der Waals surface area contributed by atoms with Crippen LogP contribution in [0.2, 0.25) is 0 Å². The fourth-order valence-corrected chi connectivity index (χ4v) is 5.43. The summed E-state index contributed by atoms with van der Waals surface area (Å²) >= 11 is 0. The van der Waals surface area contributed by atoms with Crippen molar-refractivity contribution < 1.29 is 51.0 Å². The van der Waals surface area contributed by atoms with Gasteiger partial charge < -0.3 is 20.1 Å². The first kappa shape index (κ1) is 38.2. The van der Waals surface area contributed by atoms with E-state index in [0.29, 0.717) is 12.8 Å². The Morgan fingerprint density at radius 1 is 0.875 bits per heavy atom. The van der Waals surface area contributed by atoms with Crippen molar-refractivity contribution >= 4 is 29.4 Å². The molecule has 48 heavy (non-hydrogen) atoms. The molecular formula is C35H42F4N2O7. The molecule has 0 saturated heterocycles. The molecule has 0 bridgehead atoms. The predicted molar refractivity (Wildman–Crippen MR) is 167 cm³/mol. The number of carbonyl (C=O) groups is 5. The molecule has 0 aliphatic heterocycles. The van der Waals surface area contributed by atoms with Crippen molar-refractivity contribution in [1.29, 1.82) is 0 Å². The summed E-state index contributed by atoms with van der Waals surface area (Å²) in [6.07, 6.45) is 0.558. The van der Waals surface area contributed by atoms with Crippen LogP contribution < -0.4 is 15.4 Å². The number of halogens is 4.